The second kappa shape index (κ2) is 9.30. The molecule has 30 heavy (non-hydrogen) atoms. The van der Waals surface area contributed by atoms with Gasteiger partial charge in [-0.3, -0.25) is 14.4 Å². The van der Waals surface area contributed by atoms with Gasteiger partial charge in [0.2, 0.25) is 0 Å². The van der Waals surface area contributed by atoms with Crippen LogP contribution >= 0.6 is 0 Å². The highest BCUT2D eigenvalue weighted by atomic mass is 16.5. The van der Waals surface area contributed by atoms with E-state index in [1.54, 1.807) is 63.4 Å². The van der Waals surface area contributed by atoms with E-state index in [9.17, 15) is 14.4 Å². The number of amides is 2. The molecule has 0 unspecified atom stereocenters. The fourth-order valence-electron chi connectivity index (χ4n) is 3.02. The summed E-state index contributed by atoms with van der Waals surface area (Å²) in [5.41, 5.74) is 1.60. The molecule has 2 aromatic carbocycles. The fourth-order valence-corrected chi connectivity index (χ4v) is 3.02. The minimum absolute atomic E-state index is 0.0201. The molecule has 1 aliphatic rings. The summed E-state index contributed by atoms with van der Waals surface area (Å²) >= 11 is 0. The van der Waals surface area contributed by atoms with Gasteiger partial charge in [-0.2, -0.15) is 0 Å². The van der Waals surface area contributed by atoms with Crippen LogP contribution in [0.5, 0.6) is 11.5 Å². The first-order valence-corrected chi connectivity index (χ1v) is 9.56. The molecule has 158 valence electrons. The first kappa shape index (κ1) is 21.2. The third-order valence-electron chi connectivity index (χ3n) is 4.44. The molecular weight excluding hydrogens is 388 g/mol. The van der Waals surface area contributed by atoms with Gasteiger partial charge in [-0.25, -0.2) is 0 Å². The van der Waals surface area contributed by atoms with Gasteiger partial charge in [-0.1, -0.05) is 12.1 Å². The van der Waals surface area contributed by atoms with Crippen LogP contribution in [0.4, 0.5) is 5.69 Å². The number of methoxy groups -OCH3 is 1. The van der Waals surface area contributed by atoms with Crippen molar-refractivity contribution in [2.24, 2.45) is 0 Å². The summed E-state index contributed by atoms with van der Waals surface area (Å²) in [7, 11) is 1.56. The van der Waals surface area contributed by atoms with Crippen molar-refractivity contribution in [1.29, 1.82) is 0 Å². The zero-order valence-electron chi connectivity index (χ0n) is 17.1. The maximum atomic E-state index is 12.9. The van der Waals surface area contributed by atoms with Gasteiger partial charge in [-0.15, -0.1) is 0 Å². The number of fused-ring (bicyclic) bond motifs is 1. The largest absolute Gasteiger partial charge is 0.497 e. The van der Waals surface area contributed by atoms with E-state index >= 15 is 0 Å². The van der Waals surface area contributed by atoms with Gasteiger partial charge in [0.15, 0.2) is 6.61 Å². The molecule has 0 radical (unpaired) electrons. The maximum Gasteiger partial charge on any atom is 0.308 e. The van der Waals surface area contributed by atoms with Crippen LogP contribution in [-0.4, -0.2) is 37.6 Å². The topological polar surface area (TPSA) is 103 Å². The van der Waals surface area contributed by atoms with Crippen LogP contribution in [0.2, 0.25) is 0 Å². The van der Waals surface area contributed by atoms with Gasteiger partial charge >= 0.3 is 5.97 Å². The monoisotopic (exact) mass is 412 g/mol. The number of ether oxygens (including phenoxy) is 3. The smallest absolute Gasteiger partial charge is 0.308 e. The van der Waals surface area contributed by atoms with Crippen molar-refractivity contribution in [3.05, 3.63) is 53.6 Å². The molecule has 1 heterocycles. The molecule has 1 aliphatic heterocycles. The van der Waals surface area contributed by atoms with Crippen molar-refractivity contribution in [3.63, 3.8) is 0 Å². The number of anilines is 1. The van der Waals surface area contributed by atoms with E-state index in [0.29, 0.717) is 22.7 Å². The van der Waals surface area contributed by atoms with Gasteiger partial charge in [0.1, 0.15) is 11.5 Å². The van der Waals surface area contributed by atoms with Crippen molar-refractivity contribution in [3.8, 4) is 11.5 Å². The van der Waals surface area contributed by atoms with Gasteiger partial charge < -0.3 is 24.8 Å². The number of benzene rings is 2. The molecular formula is C22H24N2O6. The lowest BCUT2D eigenvalue weighted by molar-refractivity contribution is -0.148. The number of hydrogen-bond donors (Lipinski definition) is 2. The van der Waals surface area contributed by atoms with Gasteiger partial charge in [0.25, 0.3) is 11.8 Å². The molecule has 0 aromatic heterocycles. The first-order valence-electron chi connectivity index (χ1n) is 9.56. The Labute approximate surface area is 174 Å². The number of esters is 1. The quantitative estimate of drug-likeness (QED) is 0.678. The first-order chi connectivity index (χ1) is 14.4. The third kappa shape index (κ3) is 5.28. The van der Waals surface area contributed by atoms with Gasteiger partial charge in [0, 0.05) is 5.56 Å². The Hall–Kier alpha value is -3.55. The van der Waals surface area contributed by atoms with Crippen LogP contribution in [0.15, 0.2) is 42.5 Å². The Balaban J connectivity index is 1.79. The van der Waals surface area contributed by atoms with Crippen LogP contribution < -0.4 is 20.1 Å². The SMILES string of the molecule is COc1ccc([C@H](CC(=O)OC(C)C)NC(=O)c2ccc3c(c2)OCC(=O)N3)cc1. The van der Waals surface area contributed by atoms with Crippen molar-refractivity contribution in [1.82, 2.24) is 5.32 Å². The zero-order chi connectivity index (χ0) is 21.7. The summed E-state index contributed by atoms with van der Waals surface area (Å²) in [5, 5.41) is 5.56. The highest BCUT2D eigenvalue weighted by molar-refractivity contribution is 5.99. The minimum atomic E-state index is -0.591. The second-order valence-electron chi connectivity index (χ2n) is 7.09. The highest BCUT2D eigenvalue weighted by Gasteiger charge is 2.23. The van der Waals surface area contributed by atoms with Crippen molar-refractivity contribution < 1.29 is 28.6 Å². The highest BCUT2D eigenvalue weighted by Crippen LogP contribution is 2.29. The molecule has 0 aliphatic carbocycles. The van der Waals surface area contributed by atoms with Crippen LogP contribution in [0.3, 0.4) is 0 Å². The van der Waals surface area contributed by atoms with Crippen LogP contribution in [0, 0.1) is 0 Å². The summed E-state index contributed by atoms with van der Waals surface area (Å²) in [6, 6.07) is 11.3. The standard InChI is InChI=1S/C22H24N2O6/c1-13(2)30-21(26)11-18(14-4-7-16(28-3)8-5-14)24-22(27)15-6-9-17-19(10-15)29-12-20(25)23-17/h4-10,13,18H,11-12H2,1-3H3,(H,23,25)(H,24,27)/t18-/m0/s1. The van der Waals surface area contributed by atoms with E-state index in [2.05, 4.69) is 10.6 Å². The van der Waals surface area contributed by atoms with E-state index in [-0.39, 0.29) is 30.9 Å². The lowest BCUT2D eigenvalue weighted by atomic mass is 10.0. The lowest BCUT2D eigenvalue weighted by Gasteiger charge is -2.21. The second-order valence-corrected chi connectivity index (χ2v) is 7.09. The number of carbonyl (C=O) groups is 3. The predicted molar refractivity (Wildman–Crippen MR) is 110 cm³/mol. The third-order valence-corrected chi connectivity index (χ3v) is 4.44. The molecule has 2 amide bonds. The fraction of sp³-hybridized carbons (Fsp3) is 0.318. The molecule has 0 fully saturated rings. The molecule has 2 N–H and O–H groups in total. The van der Waals surface area contributed by atoms with Crippen LogP contribution in [0.1, 0.15) is 42.2 Å². The van der Waals surface area contributed by atoms with E-state index in [1.165, 1.54) is 0 Å². The predicted octanol–water partition coefficient (Wildman–Crippen LogP) is 2.84. The molecule has 8 nitrogen and oxygen atoms in total. The number of hydrogen-bond acceptors (Lipinski definition) is 6. The summed E-state index contributed by atoms with van der Waals surface area (Å²) < 4.78 is 15.8. The molecule has 1 atom stereocenters. The Morgan fingerprint density at radius 1 is 1.17 bits per heavy atom. The Morgan fingerprint density at radius 3 is 2.57 bits per heavy atom. The molecule has 8 heteroatoms. The van der Waals surface area contributed by atoms with Crippen molar-refractivity contribution in [2.45, 2.75) is 32.4 Å². The molecule has 0 saturated carbocycles. The molecule has 0 spiro atoms. The number of carbonyl (C=O) groups excluding carboxylic acids is 3. The van der Waals surface area contributed by atoms with E-state index < -0.39 is 12.0 Å². The maximum absolute atomic E-state index is 12.9. The molecule has 0 bridgehead atoms. The van der Waals surface area contributed by atoms with Crippen LogP contribution in [-0.2, 0) is 14.3 Å². The molecule has 0 saturated heterocycles. The molecule has 2 aromatic rings. The Morgan fingerprint density at radius 2 is 1.90 bits per heavy atom. The van der Waals surface area contributed by atoms with E-state index in [0.717, 1.165) is 5.56 Å². The van der Waals surface area contributed by atoms with Gasteiger partial charge in [-0.05, 0) is 49.7 Å². The number of rotatable bonds is 7. The summed E-state index contributed by atoms with van der Waals surface area (Å²) in [6.07, 6.45) is -0.272. The summed E-state index contributed by atoms with van der Waals surface area (Å²) in [4.78, 5) is 36.5. The lowest BCUT2D eigenvalue weighted by Crippen LogP contribution is -2.31. The normalized spacial score (nSPS) is 13.5. The van der Waals surface area contributed by atoms with Crippen LogP contribution in [0.25, 0.3) is 0 Å². The average molecular weight is 412 g/mol. The van der Waals surface area contributed by atoms with E-state index in [1.807, 2.05) is 0 Å². The zero-order valence-corrected chi connectivity index (χ0v) is 17.1. The average Bonchev–Trinajstić information content (AvgIpc) is 2.72. The van der Waals surface area contributed by atoms with Crippen molar-refractivity contribution in [2.75, 3.05) is 19.0 Å². The number of nitrogens with one attached hydrogen (secondary N) is 2. The Kier molecular flexibility index (Phi) is 6.56. The summed E-state index contributed by atoms with van der Waals surface area (Å²) in [5.74, 6) is 0.0481. The van der Waals surface area contributed by atoms with E-state index in [4.69, 9.17) is 14.2 Å². The Bertz CT molecular complexity index is 939. The van der Waals surface area contributed by atoms with Crippen molar-refractivity contribution >= 4 is 23.5 Å². The molecule has 3 rings (SSSR count). The van der Waals surface area contributed by atoms with Gasteiger partial charge in [0.05, 0.1) is 31.4 Å². The minimum Gasteiger partial charge on any atom is -0.497 e. The summed E-state index contributed by atoms with van der Waals surface area (Å²) in [6.45, 7) is 3.43.